The highest BCUT2D eigenvalue weighted by molar-refractivity contribution is 6.46. The Kier molecular flexibility index (Phi) is 5.55. The predicted octanol–water partition coefficient (Wildman–Crippen LogP) is 3.44. The van der Waals surface area contributed by atoms with Crippen molar-refractivity contribution in [2.24, 2.45) is 0 Å². The van der Waals surface area contributed by atoms with E-state index < -0.39 is 23.5 Å². The average Bonchev–Trinajstić information content (AvgIpc) is 3.36. The van der Waals surface area contributed by atoms with Gasteiger partial charge in [0.2, 0.25) is 0 Å². The van der Waals surface area contributed by atoms with Gasteiger partial charge in [-0.25, -0.2) is 4.39 Å². The summed E-state index contributed by atoms with van der Waals surface area (Å²) in [7, 11) is 1.53. The quantitative estimate of drug-likeness (QED) is 0.463. The van der Waals surface area contributed by atoms with Crippen LogP contribution in [-0.2, 0) is 14.3 Å². The number of Topliss-reactive ketones (excluding diaryl/α,β-unsaturated/α-hetero) is 1. The van der Waals surface area contributed by atoms with E-state index in [1.807, 2.05) is 0 Å². The molecule has 0 spiro atoms. The number of likely N-dealkylation sites (tertiary alicyclic amines) is 1. The van der Waals surface area contributed by atoms with E-state index in [2.05, 4.69) is 0 Å². The number of methoxy groups -OCH3 is 1. The first-order chi connectivity index (χ1) is 14.5. The Morgan fingerprint density at radius 2 is 2.00 bits per heavy atom. The number of nitrogens with zero attached hydrogens (tertiary/aromatic N) is 1. The molecule has 1 N–H and O–H groups in total. The number of amides is 1. The number of ketones is 1. The van der Waals surface area contributed by atoms with Gasteiger partial charge in [-0.3, -0.25) is 9.59 Å². The van der Waals surface area contributed by atoms with Crippen LogP contribution in [-0.4, -0.2) is 48.1 Å². The largest absolute Gasteiger partial charge is 0.507 e. The molecule has 30 heavy (non-hydrogen) atoms. The first kappa shape index (κ1) is 20.1. The van der Waals surface area contributed by atoms with Crippen molar-refractivity contribution in [3.8, 4) is 5.75 Å². The third-order valence-corrected chi connectivity index (χ3v) is 5.49. The molecule has 2 aromatic carbocycles. The molecule has 2 aliphatic heterocycles. The minimum Gasteiger partial charge on any atom is -0.507 e. The maximum Gasteiger partial charge on any atom is 0.295 e. The van der Waals surface area contributed by atoms with Crippen LogP contribution >= 0.6 is 0 Å². The van der Waals surface area contributed by atoms with E-state index in [9.17, 15) is 19.1 Å². The first-order valence-corrected chi connectivity index (χ1v) is 9.79. The second kappa shape index (κ2) is 8.28. The molecule has 4 rings (SSSR count). The fourth-order valence-corrected chi connectivity index (χ4v) is 4.00. The summed E-state index contributed by atoms with van der Waals surface area (Å²) in [6.07, 6.45) is 1.53. The van der Waals surface area contributed by atoms with E-state index in [0.29, 0.717) is 17.9 Å². The van der Waals surface area contributed by atoms with Crippen molar-refractivity contribution in [2.75, 3.05) is 20.3 Å². The van der Waals surface area contributed by atoms with Gasteiger partial charge in [-0.15, -0.1) is 0 Å². The summed E-state index contributed by atoms with van der Waals surface area (Å²) in [5.41, 5.74) is 0.868. The monoisotopic (exact) mass is 411 g/mol. The summed E-state index contributed by atoms with van der Waals surface area (Å²) in [5.74, 6) is -1.70. The van der Waals surface area contributed by atoms with Crippen molar-refractivity contribution < 1.29 is 28.6 Å². The van der Waals surface area contributed by atoms with Crippen LogP contribution < -0.4 is 4.74 Å². The van der Waals surface area contributed by atoms with Crippen LogP contribution in [0.4, 0.5) is 4.39 Å². The fourth-order valence-electron chi connectivity index (χ4n) is 4.00. The molecule has 156 valence electrons. The third kappa shape index (κ3) is 3.68. The lowest BCUT2D eigenvalue weighted by atomic mass is 9.95. The second-order valence-corrected chi connectivity index (χ2v) is 7.37. The lowest BCUT2D eigenvalue weighted by Crippen LogP contribution is -2.36. The fraction of sp³-hybridized carbons (Fsp3) is 0.304. The van der Waals surface area contributed by atoms with Crippen molar-refractivity contribution in [1.82, 2.24) is 4.90 Å². The maximum absolute atomic E-state index is 13.3. The zero-order chi connectivity index (χ0) is 21.3. The Labute approximate surface area is 173 Å². The molecule has 2 fully saturated rings. The van der Waals surface area contributed by atoms with Gasteiger partial charge >= 0.3 is 0 Å². The van der Waals surface area contributed by atoms with Crippen molar-refractivity contribution in [2.45, 2.75) is 25.0 Å². The molecule has 1 amide bonds. The van der Waals surface area contributed by atoms with E-state index in [0.717, 1.165) is 12.8 Å². The van der Waals surface area contributed by atoms with Gasteiger partial charge < -0.3 is 19.5 Å². The molecule has 2 saturated heterocycles. The van der Waals surface area contributed by atoms with Gasteiger partial charge in [0.25, 0.3) is 11.7 Å². The van der Waals surface area contributed by atoms with Gasteiger partial charge in [0.15, 0.2) is 0 Å². The second-order valence-electron chi connectivity index (χ2n) is 7.37. The molecule has 0 aromatic heterocycles. The number of hydrogen-bond donors (Lipinski definition) is 1. The minimum atomic E-state index is -0.797. The number of halogens is 1. The molecular formula is C23H22FNO5. The molecule has 0 radical (unpaired) electrons. The van der Waals surface area contributed by atoms with Gasteiger partial charge in [0.1, 0.15) is 17.3 Å². The number of ether oxygens (including phenoxy) is 2. The smallest absolute Gasteiger partial charge is 0.295 e. The lowest BCUT2D eigenvalue weighted by molar-refractivity contribution is -0.140. The van der Waals surface area contributed by atoms with Crippen molar-refractivity contribution in [3.05, 3.63) is 71.0 Å². The number of aliphatic hydroxyl groups excluding tert-OH is 1. The number of rotatable bonds is 5. The van der Waals surface area contributed by atoms with Crippen LogP contribution in [0.1, 0.15) is 30.0 Å². The third-order valence-electron chi connectivity index (χ3n) is 5.49. The van der Waals surface area contributed by atoms with Crippen molar-refractivity contribution >= 4 is 17.4 Å². The number of benzene rings is 2. The van der Waals surface area contributed by atoms with Gasteiger partial charge in [0.05, 0.1) is 24.8 Å². The Balaban J connectivity index is 1.83. The lowest BCUT2D eigenvalue weighted by Gasteiger charge is -2.27. The highest BCUT2D eigenvalue weighted by Crippen LogP contribution is 2.40. The molecular weight excluding hydrogens is 389 g/mol. The summed E-state index contributed by atoms with van der Waals surface area (Å²) in [6, 6.07) is 11.4. The van der Waals surface area contributed by atoms with Crippen LogP contribution in [0.2, 0.25) is 0 Å². The van der Waals surface area contributed by atoms with Crippen LogP contribution in [0.5, 0.6) is 5.75 Å². The summed E-state index contributed by atoms with van der Waals surface area (Å²) >= 11 is 0. The summed E-state index contributed by atoms with van der Waals surface area (Å²) in [6.45, 7) is 0.862. The van der Waals surface area contributed by atoms with Gasteiger partial charge in [-0.1, -0.05) is 12.1 Å². The molecule has 0 bridgehead atoms. The summed E-state index contributed by atoms with van der Waals surface area (Å²) < 4.78 is 24.3. The molecule has 2 aliphatic rings. The molecule has 0 saturated carbocycles. The summed E-state index contributed by atoms with van der Waals surface area (Å²) in [5, 5.41) is 10.9. The van der Waals surface area contributed by atoms with Crippen LogP contribution in [0.15, 0.2) is 54.1 Å². The van der Waals surface area contributed by atoms with Crippen LogP contribution in [0.3, 0.4) is 0 Å². The summed E-state index contributed by atoms with van der Waals surface area (Å²) in [4.78, 5) is 27.3. The Morgan fingerprint density at radius 3 is 2.67 bits per heavy atom. The highest BCUT2D eigenvalue weighted by atomic mass is 19.1. The topological polar surface area (TPSA) is 76.1 Å². The standard InChI is InChI=1S/C23H22FNO5/c1-29-17-5-2-4-15(12-17)20-19(21(26)14-7-9-16(24)10-8-14)22(27)23(28)25(20)13-18-6-3-11-30-18/h2,4-5,7-10,12,18,20,26H,3,6,11,13H2,1H3/t18-,20+/m1/s1. The van der Waals surface area contributed by atoms with E-state index >= 15 is 0 Å². The van der Waals surface area contributed by atoms with E-state index in [1.54, 1.807) is 24.3 Å². The van der Waals surface area contributed by atoms with E-state index in [4.69, 9.17) is 9.47 Å². The Hall–Kier alpha value is -3.19. The first-order valence-electron chi connectivity index (χ1n) is 9.79. The van der Waals surface area contributed by atoms with Crippen molar-refractivity contribution in [1.29, 1.82) is 0 Å². The number of carbonyl (C=O) groups excluding carboxylic acids is 2. The molecule has 2 aromatic rings. The maximum atomic E-state index is 13.3. The zero-order valence-electron chi connectivity index (χ0n) is 16.5. The molecule has 6 nitrogen and oxygen atoms in total. The minimum absolute atomic E-state index is 0.0298. The van der Waals surface area contributed by atoms with Crippen molar-refractivity contribution in [3.63, 3.8) is 0 Å². The predicted molar refractivity (Wildman–Crippen MR) is 107 cm³/mol. The van der Waals surface area contributed by atoms with Crippen LogP contribution in [0, 0.1) is 5.82 Å². The highest BCUT2D eigenvalue weighted by Gasteiger charge is 2.47. The zero-order valence-corrected chi connectivity index (χ0v) is 16.5. The molecule has 0 aliphatic carbocycles. The van der Waals surface area contributed by atoms with Gasteiger partial charge in [-0.2, -0.15) is 0 Å². The average molecular weight is 411 g/mol. The van der Waals surface area contributed by atoms with E-state index in [1.165, 1.54) is 36.3 Å². The SMILES string of the molecule is COc1cccc([C@H]2C(=C(O)c3ccc(F)cc3)C(=O)C(=O)N2C[C@H]2CCCO2)c1. The number of aliphatic hydroxyl groups is 1. The Morgan fingerprint density at radius 1 is 1.23 bits per heavy atom. The normalized spacial score (nSPS) is 23.2. The molecule has 7 heteroatoms. The Bertz CT molecular complexity index is 995. The molecule has 2 atom stereocenters. The molecule has 0 unspecified atom stereocenters. The number of carbonyl (C=O) groups is 2. The van der Waals surface area contributed by atoms with Gasteiger partial charge in [0, 0.05) is 18.7 Å². The number of hydrogen-bond acceptors (Lipinski definition) is 5. The van der Waals surface area contributed by atoms with Gasteiger partial charge in [-0.05, 0) is 54.8 Å². The van der Waals surface area contributed by atoms with E-state index in [-0.39, 0.29) is 29.5 Å². The van der Waals surface area contributed by atoms with Crippen LogP contribution in [0.25, 0.3) is 5.76 Å². The molecule has 2 heterocycles.